The number of hydrogen-bond acceptors (Lipinski definition) is 7. The van der Waals surface area contributed by atoms with Crippen LogP contribution in [0.2, 0.25) is 0 Å². The van der Waals surface area contributed by atoms with Gasteiger partial charge in [-0.05, 0) is 80.5 Å². The van der Waals surface area contributed by atoms with Crippen molar-refractivity contribution in [3.8, 4) is 5.75 Å². The van der Waals surface area contributed by atoms with Crippen LogP contribution < -0.4 is 0 Å². The van der Waals surface area contributed by atoms with E-state index in [-0.39, 0.29) is 38.6 Å². The molecule has 0 bridgehead atoms. The maximum Gasteiger partial charge on any atom is 0.346 e. The monoisotopic (exact) mass is 560 g/mol. The molecular weight excluding hydrogens is 510 g/mol. The number of rotatable bonds is 20. The summed E-state index contributed by atoms with van der Waals surface area (Å²) >= 11 is 0. The smallest absolute Gasteiger partial charge is 0.346 e. The SMILES string of the molecule is CCCCOP(=O)(OCCCC)C(Cc1ccc(O)c2c1CCCC2)P(=O)(OCCCC)OCCCC. The van der Waals surface area contributed by atoms with Crippen molar-refractivity contribution in [1.29, 1.82) is 0 Å². The van der Waals surface area contributed by atoms with Crippen LogP contribution in [0.4, 0.5) is 0 Å². The molecule has 7 nitrogen and oxygen atoms in total. The highest BCUT2D eigenvalue weighted by atomic mass is 31.2. The summed E-state index contributed by atoms with van der Waals surface area (Å²) in [6, 6.07) is 3.55. The first-order valence-corrected chi connectivity index (χ1v) is 17.7. The second-order valence-corrected chi connectivity index (χ2v) is 14.8. The van der Waals surface area contributed by atoms with E-state index in [1.807, 2.05) is 33.8 Å². The Balaban J connectivity index is 2.57. The van der Waals surface area contributed by atoms with Crippen LogP contribution in [-0.2, 0) is 46.5 Å². The highest BCUT2D eigenvalue weighted by Gasteiger charge is 2.51. The number of fused-ring (bicyclic) bond motifs is 1. The molecule has 0 atom stereocenters. The molecule has 214 valence electrons. The average molecular weight is 561 g/mol. The van der Waals surface area contributed by atoms with Gasteiger partial charge in [-0.15, -0.1) is 0 Å². The van der Waals surface area contributed by atoms with Crippen LogP contribution in [-0.4, -0.2) is 36.9 Å². The predicted octanol–water partition coefficient (Wildman–Crippen LogP) is 8.79. The lowest BCUT2D eigenvalue weighted by Gasteiger charge is -2.33. The molecule has 0 aliphatic heterocycles. The summed E-state index contributed by atoms with van der Waals surface area (Å²) in [5.41, 5.74) is 2.90. The lowest BCUT2D eigenvalue weighted by atomic mass is 9.87. The van der Waals surface area contributed by atoms with E-state index < -0.39 is 20.6 Å². The third-order valence-electron chi connectivity index (χ3n) is 6.82. The van der Waals surface area contributed by atoms with Gasteiger partial charge in [0.05, 0.1) is 26.4 Å². The van der Waals surface area contributed by atoms with Gasteiger partial charge in [0.15, 0.2) is 5.40 Å². The van der Waals surface area contributed by atoms with Gasteiger partial charge < -0.3 is 23.2 Å². The molecule has 0 radical (unpaired) electrons. The minimum absolute atomic E-state index is 0.188. The number of hydrogen-bond donors (Lipinski definition) is 1. The van der Waals surface area contributed by atoms with E-state index in [0.717, 1.165) is 93.7 Å². The van der Waals surface area contributed by atoms with Crippen LogP contribution in [0.25, 0.3) is 0 Å². The van der Waals surface area contributed by atoms with Crippen molar-refractivity contribution in [2.24, 2.45) is 0 Å². The normalized spacial score (nSPS) is 14.3. The molecule has 1 aliphatic carbocycles. The van der Waals surface area contributed by atoms with Gasteiger partial charge in [0.1, 0.15) is 5.75 Å². The van der Waals surface area contributed by atoms with Crippen LogP contribution in [0.5, 0.6) is 5.75 Å². The van der Waals surface area contributed by atoms with Gasteiger partial charge in [-0.25, -0.2) is 0 Å². The Hall–Kier alpha value is -0.680. The minimum atomic E-state index is -3.90. The molecule has 0 amide bonds. The van der Waals surface area contributed by atoms with E-state index in [2.05, 4.69) is 0 Å². The van der Waals surface area contributed by atoms with Crippen LogP contribution >= 0.6 is 15.2 Å². The van der Waals surface area contributed by atoms with Gasteiger partial charge in [0.2, 0.25) is 0 Å². The zero-order chi connectivity index (χ0) is 27.2. The van der Waals surface area contributed by atoms with E-state index in [4.69, 9.17) is 18.1 Å². The second-order valence-electron chi connectivity index (χ2n) is 9.92. The first-order chi connectivity index (χ1) is 17.8. The molecule has 1 aliphatic rings. The van der Waals surface area contributed by atoms with Crippen LogP contribution in [0.1, 0.15) is 109 Å². The number of unbranched alkanes of at least 4 members (excludes halogenated alkanes) is 4. The molecule has 0 heterocycles. The molecule has 0 spiro atoms. The Morgan fingerprint density at radius 2 is 1.11 bits per heavy atom. The molecule has 1 N–H and O–H groups in total. The zero-order valence-corrected chi connectivity index (χ0v) is 25.3. The van der Waals surface area contributed by atoms with Crippen LogP contribution in [0, 0.1) is 0 Å². The summed E-state index contributed by atoms with van der Waals surface area (Å²) in [5, 5.41) is 9.43. The van der Waals surface area contributed by atoms with Gasteiger partial charge in [-0.2, -0.15) is 0 Å². The fraction of sp³-hybridized carbons (Fsp3) is 0.786. The quantitative estimate of drug-likeness (QED) is 0.126. The van der Waals surface area contributed by atoms with E-state index in [0.29, 0.717) is 0 Å². The highest BCUT2D eigenvalue weighted by Crippen LogP contribution is 2.71. The Morgan fingerprint density at radius 3 is 1.51 bits per heavy atom. The molecule has 0 fully saturated rings. The van der Waals surface area contributed by atoms with Crippen molar-refractivity contribution in [2.45, 2.75) is 117 Å². The first kappa shape index (κ1) is 32.5. The van der Waals surface area contributed by atoms with Crippen molar-refractivity contribution in [2.75, 3.05) is 26.4 Å². The fourth-order valence-electron chi connectivity index (χ4n) is 4.47. The third kappa shape index (κ3) is 9.78. The van der Waals surface area contributed by atoms with Crippen molar-refractivity contribution in [1.82, 2.24) is 0 Å². The molecule has 0 saturated heterocycles. The number of phenols is 1. The standard InChI is InChI=1S/C28H50O7P2/c1-5-9-19-32-36(30,33-20-10-6-2)28(37(31,34-21-11-7-3)35-22-12-8-4)23-24-17-18-27(29)26-16-14-13-15-25(24)26/h17-18,28-29H,5-16,19-23H2,1-4H3. The second kappa shape index (κ2) is 17.1. The summed E-state index contributed by atoms with van der Waals surface area (Å²) in [5.74, 6) is 0.290. The molecule has 9 heteroatoms. The number of benzene rings is 1. The van der Waals surface area contributed by atoms with Gasteiger partial charge in [0.25, 0.3) is 0 Å². The maximum atomic E-state index is 14.6. The Labute approximate surface area is 225 Å². The van der Waals surface area contributed by atoms with E-state index >= 15 is 0 Å². The van der Waals surface area contributed by atoms with E-state index in [1.54, 1.807) is 6.07 Å². The first-order valence-electron chi connectivity index (χ1n) is 14.4. The topological polar surface area (TPSA) is 91.3 Å². The Bertz CT molecular complexity index is 824. The minimum Gasteiger partial charge on any atom is -0.508 e. The van der Waals surface area contributed by atoms with Crippen LogP contribution in [0.3, 0.4) is 0 Å². The number of phenolic OH excluding ortho intramolecular Hbond substituents is 1. The molecule has 2 rings (SSSR count). The molecule has 1 aromatic carbocycles. The van der Waals surface area contributed by atoms with Crippen molar-refractivity contribution in [3.63, 3.8) is 0 Å². The third-order valence-corrected chi connectivity index (χ3v) is 12.5. The molecular formula is C28H50O7P2. The molecule has 0 saturated carbocycles. The summed E-state index contributed by atoms with van der Waals surface area (Å²) in [6.45, 7) is 9.19. The lowest BCUT2D eigenvalue weighted by Crippen LogP contribution is -2.22. The highest BCUT2D eigenvalue weighted by molar-refractivity contribution is 7.72. The maximum absolute atomic E-state index is 14.6. The fourth-order valence-corrected chi connectivity index (χ4v) is 9.87. The number of aromatic hydroxyl groups is 1. The van der Waals surface area contributed by atoms with Gasteiger partial charge in [-0.3, -0.25) is 9.13 Å². The summed E-state index contributed by atoms with van der Waals surface area (Å²) in [7, 11) is -7.79. The Kier molecular flexibility index (Phi) is 15.0. The van der Waals surface area contributed by atoms with Crippen molar-refractivity contribution in [3.05, 3.63) is 28.8 Å². The molecule has 1 aromatic rings. The Morgan fingerprint density at radius 1 is 0.703 bits per heavy atom. The lowest BCUT2D eigenvalue weighted by molar-refractivity contribution is 0.176. The van der Waals surface area contributed by atoms with Gasteiger partial charge in [0, 0.05) is 0 Å². The van der Waals surface area contributed by atoms with E-state index in [1.165, 1.54) is 0 Å². The van der Waals surface area contributed by atoms with Crippen molar-refractivity contribution < 1.29 is 32.3 Å². The van der Waals surface area contributed by atoms with Crippen molar-refractivity contribution >= 4 is 15.2 Å². The van der Waals surface area contributed by atoms with Crippen LogP contribution in [0.15, 0.2) is 12.1 Å². The summed E-state index contributed by atoms with van der Waals surface area (Å²) in [4.78, 5) is 0. The average Bonchev–Trinajstić information content (AvgIpc) is 2.89. The summed E-state index contributed by atoms with van der Waals surface area (Å²) < 4.78 is 53.3. The molecule has 0 aromatic heterocycles. The molecule has 0 unspecified atom stereocenters. The van der Waals surface area contributed by atoms with Gasteiger partial charge in [-0.1, -0.05) is 59.4 Å². The zero-order valence-electron chi connectivity index (χ0n) is 23.5. The summed E-state index contributed by atoms with van der Waals surface area (Å²) in [6.07, 6.45) is 10.2. The van der Waals surface area contributed by atoms with E-state index in [9.17, 15) is 14.2 Å². The largest absolute Gasteiger partial charge is 0.508 e. The van der Waals surface area contributed by atoms with Gasteiger partial charge >= 0.3 is 15.2 Å². The molecule has 37 heavy (non-hydrogen) atoms. The predicted molar refractivity (Wildman–Crippen MR) is 151 cm³/mol.